The Balaban J connectivity index is 2.05. The van der Waals surface area contributed by atoms with Crippen LogP contribution >= 0.6 is 11.6 Å². The third-order valence-electron chi connectivity index (χ3n) is 3.20. The van der Waals surface area contributed by atoms with Gasteiger partial charge in [-0.3, -0.25) is 4.79 Å². The Kier molecular flexibility index (Phi) is 4.22. The van der Waals surface area contributed by atoms with Crippen molar-refractivity contribution in [2.24, 2.45) is 11.8 Å². The molecule has 1 aromatic carbocycles. The third kappa shape index (κ3) is 3.23. The smallest absolute Gasteiger partial charge is 0.306 e. The van der Waals surface area contributed by atoms with Crippen LogP contribution in [0.3, 0.4) is 0 Å². The van der Waals surface area contributed by atoms with E-state index in [1.54, 1.807) is 0 Å². The van der Waals surface area contributed by atoms with E-state index in [1.165, 1.54) is 25.3 Å². The number of carboxylic acid groups (broad SMARTS) is 1. The number of halogens is 1. The molecule has 0 aliphatic heterocycles. The monoisotopic (exact) mass is 319 g/mol. The van der Waals surface area contributed by atoms with Crippen LogP contribution in [0.4, 0.5) is 0 Å². The fourth-order valence-corrected chi connectivity index (χ4v) is 3.52. The van der Waals surface area contributed by atoms with Crippen LogP contribution < -0.4 is 9.46 Å². The molecule has 1 aliphatic rings. The van der Waals surface area contributed by atoms with Gasteiger partial charge in [-0.15, -0.1) is 0 Å². The Morgan fingerprint density at radius 1 is 1.55 bits per heavy atom. The van der Waals surface area contributed by atoms with Gasteiger partial charge in [-0.2, -0.15) is 0 Å². The van der Waals surface area contributed by atoms with E-state index in [1.807, 2.05) is 0 Å². The lowest BCUT2D eigenvalue weighted by Crippen LogP contribution is -2.27. The molecule has 1 aliphatic carbocycles. The van der Waals surface area contributed by atoms with Crippen molar-refractivity contribution in [3.05, 3.63) is 23.2 Å². The first-order valence-electron chi connectivity index (χ1n) is 5.91. The molecule has 0 spiro atoms. The van der Waals surface area contributed by atoms with Crippen molar-refractivity contribution in [3.63, 3.8) is 0 Å². The number of carboxylic acids is 1. The number of rotatable bonds is 6. The lowest BCUT2D eigenvalue weighted by molar-refractivity contribution is -0.138. The molecule has 1 fully saturated rings. The Hall–Kier alpha value is -1.31. The van der Waals surface area contributed by atoms with Gasteiger partial charge in [0.15, 0.2) is 0 Å². The summed E-state index contributed by atoms with van der Waals surface area (Å²) < 4.78 is 31.5. The van der Waals surface area contributed by atoms with E-state index in [2.05, 4.69) is 4.72 Å². The number of sulfonamides is 1. The van der Waals surface area contributed by atoms with Gasteiger partial charge < -0.3 is 9.84 Å². The van der Waals surface area contributed by atoms with Gasteiger partial charge in [0.05, 0.1) is 18.1 Å². The Morgan fingerprint density at radius 2 is 2.25 bits per heavy atom. The molecule has 2 rings (SSSR count). The summed E-state index contributed by atoms with van der Waals surface area (Å²) in [4.78, 5) is 10.6. The molecule has 2 N–H and O–H groups in total. The van der Waals surface area contributed by atoms with Gasteiger partial charge in [-0.1, -0.05) is 11.6 Å². The Bertz CT molecular complexity index is 631. The Labute approximate surface area is 121 Å². The number of hydrogen-bond donors (Lipinski definition) is 2. The molecular weight excluding hydrogens is 306 g/mol. The second-order valence-corrected chi connectivity index (χ2v) is 6.73. The fraction of sp³-hybridized carbons (Fsp3) is 0.417. The SMILES string of the molecule is COc1ccc(S(=O)(=O)NC[C@@H]2C[C@H]2C(=O)O)c(Cl)c1. The summed E-state index contributed by atoms with van der Waals surface area (Å²) in [6.45, 7) is 0.0989. The van der Waals surface area contributed by atoms with Crippen LogP contribution in [-0.4, -0.2) is 33.1 Å². The van der Waals surface area contributed by atoms with Gasteiger partial charge in [-0.05, 0) is 24.5 Å². The number of methoxy groups -OCH3 is 1. The number of carbonyl (C=O) groups is 1. The second kappa shape index (κ2) is 5.59. The van der Waals surface area contributed by atoms with Crippen LogP contribution in [-0.2, 0) is 14.8 Å². The van der Waals surface area contributed by atoms with E-state index >= 15 is 0 Å². The summed E-state index contributed by atoms with van der Waals surface area (Å²) in [7, 11) is -2.29. The molecule has 0 heterocycles. The van der Waals surface area contributed by atoms with Crippen molar-refractivity contribution in [2.75, 3.05) is 13.7 Å². The molecule has 0 saturated heterocycles. The predicted molar refractivity (Wildman–Crippen MR) is 72.4 cm³/mol. The molecule has 0 radical (unpaired) electrons. The maximum atomic E-state index is 12.1. The molecule has 0 aromatic heterocycles. The minimum Gasteiger partial charge on any atom is -0.497 e. The summed E-state index contributed by atoms with van der Waals surface area (Å²) in [5, 5.41) is 8.82. The van der Waals surface area contributed by atoms with Crippen molar-refractivity contribution in [3.8, 4) is 5.75 Å². The lowest BCUT2D eigenvalue weighted by Gasteiger charge is -2.09. The maximum Gasteiger partial charge on any atom is 0.306 e. The summed E-state index contributed by atoms with van der Waals surface area (Å²) in [5.74, 6) is -1.04. The highest BCUT2D eigenvalue weighted by atomic mass is 35.5. The van der Waals surface area contributed by atoms with E-state index in [0.717, 1.165) is 0 Å². The zero-order valence-electron chi connectivity index (χ0n) is 10.7. The summed E-state index contributed by atoms with van der Waals surface area (Å²) >= 11 is 5.91. The normalized spacial score (nSPS) is 21.5. The first kappa shape index (κ1) is 15.1. The van der Waals surface area contributed by atoms with Gasteiger partial charge >= 0.3 is 5.97 Å². The van der Waals surface area contributed by atoms with Gasteiger partial charge in [0.2, 0.25) is 10.0 Å². The molecular formula is C12H14ClNO5S. The van der Waals surface area contributed by atoms with Crippen LogP contribution in [0, 0.1) is 11.8 Å². The van der Waals surface area contributed by atoms with Crippen molar-refractivity contribution < 1.29 is 23.1 Å². The van der Waals surface area contributed by atoms with Gasteiger partial charge in [0.25, 0.3) is 0 Å². The van der Waals surface area contributed by atoms with Crippen molar-refractivity contribution >= 4 is 27.6 Å². The predicted octanol–water partition coefficient (Wildman–Crippen LogP) is 1.35. The van der Waals surface area contributed by atoms with Crippen LogP contribution in [0.2, 0.25) is 5.02 Å². The van der Waals surface area contributed by atoms with E-state index in [4.69, 9.17) is 21.4 Å². The Morgan fingerprint density at radius 3 is 2.75 bits per heavy atom. The zero-order chi connectivity index (χ0) is 14.9. The maximum absolute atomic E-state index is 12.1. The number of nitrogens with one attached hydrogen (secondary N) is 1. The van der Waals surface area contributed by atoms with Gasteiger partial charge in [0.1, 0.15) is 10.6 Å². The fourth-order valence-electron chi connectivity index (χ4n) is 1.90. The average Bonchev–Trinajstić information content (AvgIpc) is 3.15. The highest BCUT2D eigenvalue weighted by Gasteiger charge is 2.43. The topological polar surface area (TPSA) is 92.7 Å². The highest BCUT2D eigenvalue weighted by molar-refractivity contribution is 7.89. The molecule has 0 bridgehead atoms. The molecule has 0 unspecified atom stereocenters. The third-order valence-corrected chi connectivity index (χ3v) is 5.11. The summed E-state index contributed by atoms with van der Waals surface area (Å²) in [6.07, 6.45) is 0.494. The average molecular weight is 320 g/mol. The van der Waals surface area contributed by atoms with Crippen molar-refractivity contribution in [1.29, 1.82) is 0 Å². The molecule has 8 heteroatoms. The van der Waals surface area contributed by atoms with E-state index in [-0.39, 0.29) is 22.4 Å². The number of hydrogen-bond acceptors (Lipinski definition) is 4. The molecule has 20 heavy (non-hydrogen) atoms. The summed E-state index contributed by atoms with van der Waals surface area (Å²) in [5.41, 5.74) is 0. The van der Waals surface area contributed by atoms with Crippen molar-refractivity contribution in [2.45, 2.75) is 11.3 Å². The lowest BCUT2D eigenvalue weighted by atomic mass is 10.3. The first-order chi connectivity index (χ1) is 9.35. The zero-order valence-corrected chi connectivity index (χ0v) is 12.2. The van der Waals surface area contributed by atoms with Crippen molar-refractivity contribution in [1.82, 2.24) is 4.72 Å². The molecule has 0 amide bonds. The molecule has 1 saturated carbocycles. The summed E-state index contributed by atoms with van der Waals surface area (Å²) in [6, 6.07) is 4.26. The minimum absolute atomic E-state index is 0.0486. The van der Waals surface area contributed by atoms with Crippen LogP contribution in [0.5, 0.6) is 5.75 Å². The van der Waals surface area contributed by atoms with Crippen LogP contribution in [0.15, 0.2) is 23.1 Å². The highest BCUT2D eigenvalue weighted by Crippen LogP contribution is 2.38. The van der Waals surface area contributed by atoms with Gasteiger partial charge in [0, 0.05) is 12.6 Å². The first-order valence-corrected chi connectivity index (χ1v) is 7.77. The van der Waals surface area contributed by atoms with E-state index in [9.17, 15) is 13.2 Å². The largest absolute Gasteiger partial charge is 0.497 e. The van der Waals surface area contributed by atoms with Crippen LogP contribution in [0.25, 0.3) is 0 Å². The minimum atomic E-state index is -3.75. The quantitative estimate of drug-likeness (QED) is 0.825. The molecule has 110 valence electrons. The molecule has 1 aromatic rings. The van der Waals surface area contributed by atoms with E-state index in [0.29, 0.717) is 12.2 Å². The van der Waals surface area contributed by atoms with Gasteiger partial charge in [-0.25, -0.2) is 13.1 Å². The molecule has 6 nitrogen and oxygen atoms in total. The second-order valence-electron chi connectivity index (χ2n) is 4.59. The number of ether oxygens (including phenoxy) is 1. The number of benzene rings is 1. The number of aliphatic carboxylic acids is 1. The standard InChI is InChI=1S/C12H14ClNO5S/c1-19-8-2-3-11(10(13)5-8)20(17,18)14-6-7-4-9(7)12(15)16/h2-3,5,7,9,14H,4,6H2,1H3,(H,15,16)/t7-,9+/m0/s1. The van der Waals surface area contributed by atoms with Crippen LogP contribution in [0.1, 0.15) is 6.42 Å². The molecule has 2 atom stereocenters. The van der Waals surface area contributed by atoms with E-state index < -0.39 is 21.9 Å².